The van der Waals surface area contributed by atoms with Gasteiger partial charge in [-0.2, -0.15) is 18.2 Å². The maximum atomic E-state index is 13.0. The van der Waals surface area contributed by atoms with Gasteiger partial charge >= 0.3 is 12.2 Å². The van der Waals surface area contributed by atoms with Gasteiger partial charge in [-0.3, -0.25) is 0 Å². The lowest BCUT2D eigenvalue weighted by molar-refractivity contribution is -0.137. The molecule has 11 heteroatoms. The first-order chi connectivity index (χ1) is 17.2. The van der Waals surface area contributed by atoms with Crippen molar-refractivity contribution in [2.45, 2.75) is 39.2 Å². The van der Waals surface area contributed by atoms with Crippen molar-refractivity contribution in [3.63, 3.8) is 0 Å². The molecule has 0 amide bonds. The summed E-state index contributed by atoms with van der Waals surface area (Å²) >= 11 is 0. The number of hydrogen-bond donors (Lipinski definition) is 2. The highest BCUT2D eigenvalue weighted by Crippen LogP contribution is 2.31. The SMILES string of the molecule is CCOCCOc1nc(-c2ccc(C(F)(F)F)cc2)n(-c2ccc(NC[C@@H](O)COC(C)C)cc2)n1. The average Bonchev–Trinajstić information content (AvgIpc) is 3.28. The molecule has 1 heterocycles. The number of alkyl halides is 3. The molecule has 8 nitrogen and oxygen atoms in total. The normalized spacial score (nSPS) is 12.7. The zero-order valence-corrected chi connectivity index (χ0v) is 20.5. The molecule has 0 bridgehead atoms. The predicted octanol–water partition coefficient (Wildman–Crippen LogP) is 4.57. The molecule has 0 aliphatic rings. The second kappa shape index (κ2) is 12.7. The fourth-order valence-corrected chi connectivity index (χ4v) is 3.18. The average molecular weight is 509 g/mol. The van der Waals surface area contributed by atoms with Crippen LogP contribution < -0.4 is 10.1 Å². The van der Waals surface area contributed by atoms with E-state index in [1.165, 1.54) is 16.8 Å². The van der Waals surface area contributed by atoms with Gasteiger partial charge < -0.3 is 24.6 Å². The third kappa shape index (κ3) is 7.94. The first kappa shape index (κ1) is 27.4. The molecule has 1 atom stereocenters. The number of aliphatic hydroxyl groups excluding tert-OH is 1. The van der Waals surface area contributed by atoms with Crippen molar-refractivity contribution in [1.82, 2.24) is 14.8 Å². The van der Waals surface area contributed by atoms with Gasteiger partial charge in [0.25, 0.3) is 0 Å². The summed E-state index contributed by atoms with van der Waals surface area (Å²) in [7, 11) is 0. The number of aromatic nitrogens is 3. The molecular formula is C25H31F3N4O4. The van der Waals surface area contributed by atoms with Crippen molar-refractivity contribution in [2.24, 2.45) is 0 Å². The summed E-state index contributed by atoms with van der Waals surface area (Å²) in [5, 5.41) is 17.6. The summed E-state index contributed by atoms with van der Waals surface area (Å²) in [4.78, 5) is 4.39. The Labute approximate surface area is 208 Å². The van der Waals surface area contributed by atoms with Crippen LogP contribution in [0.1, 0.15) is 26.3 Å². The van der Waals surface area contributed by atoms with Crippen LogP contribution in [0.2, 0.25) is 0 Å². The van der Waals surface area contributed by atoms with Crippen LogP contribution in [0.5, 0.6) is 6.01 Å². The molecule has 0 radical (unpaired) electrons. The summed E-state index contributed by atoms with van der Waals surface area (Å²) in [6, 6.07) is 12.0. The Morgan fingerprint density at radius 3 is 2.33 bits per heavy atom. The van der Waals surface area contributed by atoms with Crippen LogP contribution in [-0.2, 0) is 15.7 Å². The van der Waals surface area contributed by atoms with E-state index in [1.54, 1.807) is 24.3 Å². The van der Waals surface area contributed by atoms with Gasteiger partial charge in [-0.15, -0.1) is 5.10 Å². The zero-order valence-electron chi connectivity index (χ0n) is 20.5. The summed E-state index contributed by atoms with van der Waals surface area (Å²) < 4.78 is 56.8. The third-order valence-electron chi connectivity index (χ3n) is 5.00. The van der Waals surface area contributed by atoms with E-state index in [4.69, 9.17) is 14.2 Å². The molecule has 36 heavy (non-hydrogen) atoms. The maximum absolute atomic E-state index is 13.0. The van der Waals surface area contributed by atoms with Gasteiger partial charge in [-0.05, 0) is 57.2 Å². The van der Waals surface area contributed by atoms with E-state index in [0.29, 0.717) is 36.8 Å². The molecule has 0 spiro atoms. The molecule has 0 saturated heterocycles. The van der Waals surface area contributed by atoms with Gasteiger partial charge in [-0.25, -0.2) is 4.68 Å². The molecule has 0 aliphatic carbocycles. The van der Waals surface area contributed by atoms with Crippen molar-refractivity contribution in [3.05, 3.63) is 54.1 Å². The van der Waals surface area contributed by atoms with Crippen molar-refractivity contribution in [2.75, 3.05) is 38.3 Å². The van der Waals surface area contributed by atoms with Gasteiger partial charge in [-0.1, -0.05) is 12.1 Å². The van der Waals surface area contributed by atoms with Crippen LogP contribution in [0.3, 0.4) is 0 Å². The highest BCUT2D eigenvalue weighted by molar-refractivity contribution is 5.60. The van der Waals surface area contributed by atoms with Gasteiger partial charge in [0.05, 0.1) is 36.7 Å². The minimum absolute atomic E-state index is 0.0357. The number of nitrogens with one attached hydrogen (secondary N) is 1. The van der Waals surface area contributed by atoms with Crippen LogP contribution in [0, 0.1) is 0 Å². The standard InChI is InChI=1S/C25H31F3N4O4/c1-4-34-13-14-35-24-30-23(18-5-7-19(8-6-18)25(26,27)28)32(31-24)21-11-9-20(10-12-21)29-15-22(33)16-36-17(2)3/h5-12,17,22,29,33H,4,13-16H2,1-3H3/t22-/m1/s1. The Bertz CT molecular complexity index is 1070. The quantitative estimate of drug-likeness (QED) is 0.327. The third-order valence-corrected chi connectivity index (χ3v) is 5.00. The maximum Gasteiger partial charge on any atom is 0.416 e. The Balaban J connectivity index is 1.79. The topological polar surface area (TPSA) is 90.7 Å². The Hall–Kier alpha value is -3.15. The highest BCUT2D eigenvalue weighted by atomic mass is 19.4. The van der Waals surface area contributed by atoms with E-state index in [2.05, 4.69) is 15.4 Å². The van der Waals surface area contributed by atoms with Gasteiger partial charge in [0, 0.05) is 24.4 Å². The number of benzene rings is 2. The summed E-state index contributed by atoms with van der Waals surface area (Å²) in [5.74, 6) is 0.331. The molecule has 0 unspecified atom stereocenters. The van der Waals surface area contributed by atoms with Crippen molar-refractivity contribution >= 4 is 5.69 Å². The molecule has 0 fully saturated rings. The second-order valence-corrected chi connectivity index (χ2v) is 8.21. The van der Waals surface area contributed by atoms with Gasteiger partial charge in [0.1, 0.15) is 6.61 Å². The molecular weight excluding hydrogens is 477 g/mol. The number of aliphatic hydroxyl groups is 1. The molecule has 0 aliphatic heterocycles. The van der Waals surface area contributed by atoms with Crippen molar-refractivity contribution in [3.8, 4) is 23.1 Å². The zero-order chi connectivity index (χ0) is 26.1. The highest BCUT2D eigenvalue weighted by Gasteiger charge is 2.30. The number of anilines is 1. The summed E-state index contributed by atoms with van der Waals surface area (Å²) in [6.45, 7) is 7.34. The molecule has 0 saturated carbocycles. The van der Waals surface area contributed by atoms with Crippen LogP contribution in [0.15, 0.2) is 48.5 Å². The molecule has 3 rings (SSSR count). The van der Waals surface area contributed by atoms with Crippen molar-refractivity contribution < 1.29 is 32.5 Å². The number of hydrogen-bond acceptors (Lipinski definition) is 7. The van der Waals surface area contributed by atoms with E-state index >= 15 is 0 Å². The summed E-state index contributed by atoms with van der Waals surface area (Å²) in [6.07, 6.45) is -5.06. The fraction of sp³-hybridized carbons (Fsp3) is 0.440. The first-order valence-corrected chi connectivity index (χ1v) is 11.7. The molecule has 2 N–H and O–H groups in total. The molecule has 196 valence electrons. The number of nitrogens with zero attached hydrogens (tertiary/aromatic N) is 3. The molecule has 3 aromatic rings. The lowest BCUT2D eigenvalue weighted by Crippen LogP contribution is -2.26. The summed E-state index contributed by atoms with van der Waals surface area (Å²) in [5.41, 5.74) is 1.10. The Morgan fingerprint density at radius 2 is 1.72 bits per heavy atom. The minimum Gasteiger partial charge on any atom is -0.460 e. The molecule has 2 aromatic carbocycles. The first-order valence-electron chi connectivity index (χ1n) is 11.7. The predicted molar refractivity (Wildman–Crippen MR) is 129 cm³/mol. The number of rotatable bonds is 13. The number of halogens is 3. The minimum atomic E-state index is -4.43. The van der Waals surface area contributed by atoms with Crippen LogP contribution in [-0.4, -0.2) is 65.1 Å². The second-order valence-electron chi connectivity index (χ2n) is 8.21. The number of ether oxygens (including phenoxy) is 3. The Kier molecular flexibility index (Phi) is 9.68. The lowest BCUT2D eigenvalue weighted by Gasteiger charge is -2.15. The fourth-order valence-electron chi connectivity index (χ4n) is 3.18. The van der Waals surface area contributed by atoms with Crippen LogP contribution in [0.25, 0.3) is 17.1 Å². The van der Waals surface area contributed by atoms with E-state index in [1.807, 2.05) is 20.8 Å². The van der Waals surface area contributed by atoms with E-state index in [-0.39, 0.29) is 25.3 Å². The van der Waals surface area contributed by atoms with Gasteiger partial charge in [0.2, 0.25) is 0 Å². The largest absolute Gasteiger partial charge is 0.460 e. The molecule has 1 aromatic heterocycles. The van der Waals surface area contributed by atoms with Gasteiger partial charge in [0.15, 0.2) is 5.82 Å². The lowest BCUT2D eigenvalue weighted by atomic mass is 10.1. The monoisotopic (exact) mass is 508 g/mol. The smallest absolute Gasteiger partial charge is 0.416 e. The van der Waals surface area contributed by atoms with E-state index < -0.39 is 17.8 Å². The van der Waals surface area contributed by atoms with E-state index in [9.17, 15) is 18.3 Å². The Morgan fingerprint density at radius 1 is 1.03 bits per heavy atom. The van der Waals surface area contributed by atoms with E-state index in [0.717, 1.165) is 17.8 Å². The van der Waals surface area contributed by atoms with Crippen LogP contribution >= 0.6 is 0 Å². The van der Waals surface area contributed by atoms with Crippen LogP contribution in [0.4, 0.5) is 18.9 Å². The van der Waals surface area contributed by atoms with Crippen molar-refractivity contribution in [1.29, 1.82) is 0 Å².